The number of thiol groups is 1. The van der Waals surface area contributed by atoms with Crippen molar-refractivity contribution in [2.45, 2.75) is 4.90 Å². The van der Waals surface area contributed by atoms with Crippen molar-refractivity contribution in [2.24, 2.45) is 10.2 Å². The van der Waals surface area contributed by atoms with E-state index >= 15 is 0 Å². The van der Waals surface area contributed by atoms with Crippen molar-refractivity contribution >= 4 is 31.8 Å². The van der Waals surface area contributed by atoms with E-state index in [1.807, 2.05) is 0 Å². The molecular formula is C9H9FN2O3S2. The number of rotatable bonds is 2. The van der Waals surface area contributed by atoms with Crippen molar-refractivity contribution in [3.63, 3.8) is 0 Å². The zero-order valence-electron chi connectivity index (χ0n) is 8.74. The fourth-order valence-corrected chi connectivity index (χ4v) is 3.21. The summed E-state index contributed by atoms with van der Waals surface area (Å²) in [6.07, 6.45) is 1.76. The number of halogens is 1. The summed E-state index contributed by atoms with van der Waals surface area (Å²) >= 11 is 0. The van der Waals surface area contributed by atoms with Gasteiger partial charge >= 0.3 is 10.1 Å². The van der Waals surface area contributed by atoms with Crippen molar-refractivity contribution < 1.29 is 17.0 Å². The fraction of sp³-hybridized carbons (Fsp3) is 0.111. The lowest BCUT2D eigenvalue weighted by molar-refractivity contribution is 0.486. The molecule has 2 rings (SSSR count). The first-order valence-electron chi connectivity index (χ1n) is 4.53. The Kier molecular flexibility index (Phi) is 3.16. The average molecular weight is 276 g/mol. The molecule has 0 radical (unpaired) electrons. The molecule has 8 heteroatoms. The molecule has 0 saturated heterocycles. The Labute approximate surface area is 100 Å². The highest BCUT2D eigenvalue weighted by molar-refractivity contribution is 8.39. The molecule has 0 aromatic heterocycles. The van der Waals surface area contributed by atoms with E-state index in [1.54, 1.807) is 6.26 Å². The molecule has 1 aromatic carbocycles. The maximum atomic E-state index is 12.9. The molecule has 1 atom stereocenters. The van der Waals surface area contributed by atoms with E-state index < -0.39 is 26.8 Å². The summed E-state index contributed by atoms with van der Waals surface area (Å²) < 4.78 is 41.3. The maximum Gasteiger partial charge on any atom is 0.341 e. The van der Waals surface area contributed by atoms with Gasteiger partial charge in [0.25, 0.3) is 5.23 Å². The third kappa shape index (κ3) is 2.64. The summed E-state index contributed by atoms with van der Waals surface area (Å²) in [5.41, 5.74) is 1.52. The van der Waals surface area contributed by atoms with Crippen LogP contribution in [0, 0.1) is 5.82 Å². The third-order valence-electron chi connectivity index (χ3n) is 1.94. The van der Waals surface area contributed by atoms with Crippen molar-refractivity contribution in [1.82, 2.24) is 0 Å². The van der Waals surface area contributed by atoms with E-state index in [2.05, 4.69) is 10.2 Å². The molecule has 0 aliphatic carbocycles. The predicted molar refractivity (Wildman–Crippen MR) is 65.5 cm³/mol. The smallest absolute Gasteiger partial charge is 0.341 e. The molecular weight excluding hydrogens is 267 g/mol. The largest absolute Gasteiger partial charge is 0.352 e. The summed E-state index contributed by atoms with van der Waals surface area (Å²) in [5.74, 6) is -0.641. The molecule has 1 aromatic rings. The van der Waals surface area contributed by atoms with Crippen LogP contribution >= 0.6 is 10.9 Å². The van der Waals surface area contributed by atoms with E-state index in [1.165, 1.54) is 17.7 Å². The van der Waals surface area contributed by atoms with Crippen LogP contribution in [0.1, 0.15) is 0 Å². The highest BCUT2D eigenvalue weighted by Crippen LogP contribution is 2.27. The Morgan fingerprint density at radius 2 is 2.18 bits per heavy atom. The lowest BCUT2D eigenvalue weighted by Crippen LogP contribution is -2.12. The van der Waals surface area contributed by atoms with Gasteiger partial charge in [0.15, 0.2) is 0 Å². The molecule has 0 N–H and O–H groups in total. The molecule has 0 bridgehead atoms. The van der Waals surface area contributed by atoms with Crippen LogP contribution in [0.5, 0.6) is 0 Å². The first-order chi connectivity index (χ1) is 7.99. The standard InChI is InChI=1S/C9H9FN2O3S2/c1-16-6-11-12-9(16)15-17(13,14)8-4-2-3-7(10)5-8/h2-6,16H,1H3. The van der Waals surface area contributed by atoms with Gasteiger partial charge < -0.3 is 4.18 Å². The molecule has 5 nitrogen and oxygen atoms in total. The van der Waals surface area contributed by atoms with Crippen LogP contribution in [0.2, 0.25) is 0 Å². The van der Waals surface area contributed by atoms with Gasteiger partial charge in [0.05, 0.1) is 5.55 Å². The second kappa shape index (κ2) is 4.46. The molecule has 1 aliphatic rings. The van der Waals surface area contributed by atoms with E-state index in [4.69, 9.17) is 4.18 Å². The van der Waals surface area contributed by atoms with Crippen molar-refractivity contribution in [3.05, 3.63) is 30.1 Å². The minimum absolute atomic E-state index is 0.0456. The predicted octanol–water partition coefficient (Wildman–Crippen LogP) is 1.47. The van der Waals surface area contributed by atoms with Gasteiger partial charge in [-0.1, -0.05) is 6.07 Å². The maximum absolute atomic E-state index is 12.9. The minimum atomic E-state index is -4.03. The molecule has 0 amide bonds. The number of hydrogen-bond donors (Lipinski definition) is 1. The Hall–Kier alpha value is -1.41. The second-order valence-corrected chi connectivity index (χ2v) is 6.60. The van der Waals surface area contributed by atoms with E-state index in [-0.39, 0.29) is 10.1 Å². The molecule has 0 spiro atoms. The van der Waals surface area contributed by atoms with Gasteiger partial charge in [-0.25, -0.2) is 4.39 Å². The fourth-order valence-electron chi connectivity index (χ4n) is 1.12. The zero-order valence-corrected chi connectivity index (χ0v) is 10.5. The molecule has 0 fully saturated rings. The third-order valence-corrected chi connectivity index (χ3v) is 4.50. The highest BCUT2D eigenvalue weighted by atomic mass is 32.2. The highest BCUT2D eigenvalue weighted by Gasteiger charge is 2.23. The number of benzene rings is 1. The summed E-state index contributed by atoms with van der Waals surface area (Å²) in [6.45, 7) is 0. The van der Waals surface area contributed by atoms with Crippen LogP contribution in [0.25, 0.3) is 0 Å². The van der Waals surface area contributed by atoms with E-state index in [0.29, 0.717) is 0 Å². The van der Waals surface area contributed by atoms with Gasteiger partial charge in [0.1, 0.15) is 10.7 Å². The lowest BCUT2D eigenvalue weighted by Gasteiger charge is -2.10. The average Bonchev–Trinajstić information content (AvgIpc) is 2.64. The van der Waals surface area contributed by atoms with Crippen LogP contribution in [0.15, 0.2) is 39.4 Å². The van der Waals surface area contributed by atoms with Gasteiger partial charge in [0, 0.05) is 0 Å². The zero-order chi connectivity index (χ0) is 12.5. The monoisotopic (exact) mass is 276 g/mol. The van der Waals surface area contributed by atoms with Crippen LogP contribution < -0.4 is 0 Å². The molecule has 1 unspecified atom stereocenters. The quantitative estimate of drug-likeness (QED) is 0.657. The first-order valence-corrected chi connectivity index (χ1v) is 7.80. The second-order valence-electron chi connectivity index (χ2n) is 3.22. The molecule has 1 aliphatic heterocycles. The summed E-state index contributed by atoms with van der Waals surface area (Å²) in [7, 11) is -4.96. The SMILES string of the molecule is C[SH]1C=NN=C1OS(=O)(=O)c1cccc(F)c1. The van der Waals surface area contributed by atoms with Gasteiger partial charge in [-0.05, 0) is 24.5 Å². The number of nitrogens with zero attached hydrogens (tertiary/aromatic N) is 2. The Balaban J connectivity index is 2.26. The van der Waals surface area contributed by atoms with Crippen LogP contribution in [0.4, 0.5) is 4.39 Å². The summed E-state index contributed by atoms with van der Waals surface area (Å²) in [4.78, 5) is -0.240. The molecule has 92 valence electrons. The van der Waals surface area contributed by atoms with Gasteiger partial charge in [-0.15, -0.1) is 21.1 Å². The summed E-state index contributed by atoms with van der Waals surface area (Å²) in [6, 6.07) is 4.60. The Morgan fingerprint density at radius 3 is 2.76 bits per heavy atom. The van der Waals surface area contributed by atoms with Gasteiger partial charge in [0.2, 0.25) is 0 Å². The summed E-state index contributed by atoms with van der Waals surface area (Å²) in [5, 5.41) is 7.18. The van der Waals surface area contributed by atoms with Crippen molar-refractivity contribution in [3.8, 4) is 0 Å². The molecule has 1 heterocycles. The topological polar surface area (TPSA) is 68.1 Å². The van der Waals surface area contributed by atoms with Crippen LogP contribution in [-0.2, 0) is 14.3 Å². The van der Waals surface area contributed by atoms with E-state index in [9.17, 15) is 12.8 Å². The van der Waals surface area contributed by atoms with Gasteiger partial charge in [-0.2, -0.15) is 8.42 Å². The Morgan fingerprint density at radius 1 is 1.41 bits per heavy atom. The van der Waals surface area contributed by atoms with Crippen molar-refractivity contribution in [2.75, 3.05) is 6.26 Å². The number of hydrogen-bond acceptors (Lipinski definition) is 5. The first kappa shape index (κ1) is 12.1. The van der Waals surface area contributed by atoms with Crippen molar-refractivity contribution in [1.29, 1.82) is 0 Å². The molecule has 17 heavy (non-hydrogen) atoms. The normalized spacial score (nSPS) is 21.3. The van der Waals surface area contributed by atoms with Gasteiger partial charge in [-0.3, -0.25) is 0 Å². The minimum Gasteiger partial charge on any atom is -0.352 e. The lowest BCUT2D eigenvalue weighted by atomic mass is 10.4. The Bertz CT molecular complexity index is 598. The van der Waals surface area contributed by atoms with Crippen LogP contribution in [-0.4, -0.2) is 25.4 Å². The van der Waals surface area contributed by atoms with E-state index in [0.717, 1.165) is 12.1 Å². The van der Waals surface area contributed by atoms with Crippen LogP contribution in [0.3, 0.4) is 0 Å². The molecule has 0 saturated carbocycles.